The van der Waals surface area contributed by atoms with Crippen LogP contribution in [0.4, 0.5) is 0 Å². The predicted octanol–water partition coefficient (Wildman–Crippen LogP) is 2.55. The molecule has 0 saturated carbocycles. The van der Waals surface area contributed by atoms with Gasteiger partial charge in [-0.15, -0.1) is 0 Å². The predicted molar refractivity (Wildman–Crippen MR) is 69.6 cm³/mol. The lowest BCUT2D eigenvalue weighted by molar-refractivity contribution is -0.111. The molecule has 0 radical (unpaired) electrons. The number of fused-ring (bicyclic) bond motifs is 3. The smallest absolute Gasteiger partial charge is 0.234 e. The molecular formula is C15H14O4. The zero-order chi connectivity index (χ0) is 13.9. The molecule has 1 aliphatic carbocycles. The zero-order valence-corrected chi connectivity index (χ0v) is 11.0. The molecule has 0 aromatic heterocycles. The van der Waals surface area contributed by atoms with Gasteiger partial charge in [0.05, 0.1) is 6.61 Å². The van der Waals surface area contributed by atoms with E-state index < -0.39 is 11.6 Å². The Balaban J connectivity index is 2.44. The fourth-order valence-electron chi connectivity index (χ4n) is 2.83. The largest absolute Gasteiger partial charge is 0.507 e. The SMILES string of the molecule is CC1=C(O)c2c(c(C)cc3c2C(C)CO3)C(=O)C1=O. The molecule has 4 heteroatoms. The first kappa shape index (κ1) is 12.0. The Bertz CT molecular complexity index is 667. The third-order valence-electron chi connectivity index (χ3n) is 3.87. The highest BCUT2D eigenvalue weighted by molar-refractivity contribution is 6.52. The first-order chi connectivity index (χ1) is 8.93. The van der Waals surface area contributed by atoms with Crippen molar-refractivity contribution in [3.05, 3.63) is 33.9 Å². The number of benzene rings is 1. The molecular weight excluding hydrogens is 244 g/mol. The van der Waals surface area contributed by atoms with Crippen molar-refractivity contribution in [3.63, 3.8) is 0 Å². The second-order valence-electron chi connectivity index (χ2n) is 5.20. The molecule has 19 heavy (non-hydrogen) atoms. The van der Waals surface area contributed by atoms with Gasteiger partial charge in [0.2, 0.25) is 11.6 Å². The van der Waals surface area contributed by atoms with E-state index in [1.165, 1.54) is 6.92 Å². The van der Waals surface area contributed by atoms with E-state index in [1.807, 2.05) is 6.92 Å². The van der Waals surface area contributed by atoms with Crippen LogP contribution in [0.15, 0.2) is 11.6 Å². The molecule has 1 unspecified atom stereocenters. The summed E-state index contributed by atoms with van der Waals surface area (Å²) in [4.78, 5) is 24.0. The third kappa shape index (κ3) is 1.40. The Morgan fingerprint density at radius 3 is 2.58 bits per heavy atom. The van der Waals surface area contributed by atoms with Gasteiger partial charge in [-0.05, 0) is 25.5 Å². The van der Waals surface area contributed by atoms with Gasteiger partial charge >= 0.3 is 0 Å². The van der Waals surface area contributed by atoms with Gasteiger partial charge in [0.1, 0.15) is 11.5 Å². The lowest BCUT2D eigenvalue weighted by Gasteiger charge is -2.21. The number of ketones is 2. The molecule has 2 aliphatic rings. The highest BCUT2D eigenvalue weighted by atomic mass is 16.5. The number of rotatable bonds is 0. The van der Waals surface area contributed by atoms with Crippen LogP contribution in [0.25, 0.3) is 5.76 Å². The van der Waals surface area contributed by atoms with E-state index in [0.29, 0.717) is 29.0 Å². The van der Waals surface area contributed by atoms with E-state index >= 15 is 0 Å². The van der Waals surface area contributed by atoms with Crippen LogP contribution in [-0.2, 0) is 4.79 Å². The minimum Gasteiger partial charge on any atom is -0.507 e. The maximum atomic E-state index is 12.2. The highest BCUT2D eigenvalue weighted by Crippen LogP contribution is 2.44. The van der Waals surface area contributed by atoms with Crippen LogP contribution in [0.1, 0.15) is 46.8 Å². The van der Waals surface area contributed by atoms with Crippen molar-refractivity contribution in [1.29, 1.82) is 0 Å². The summed E-state index contributed by atoms with van der Waals surface area (Å²) in [6, 6.07) is 1.77. The normalized spacial score (nSPS) is 21.3. The maximum absolute atomic E-state index is 12.2. The van der Waals surface area contributed by atoms with Crippen molar-refractivity contribution in [2.45, 2.75) is 26.7 Å². The van der Waals surface area contributed by atoms with Crippen molar-refractivity contribution in [2.75, 3.05) is 6.61 Å². The number of carbonyl (C=O) groups is 2. The number of carbonyl (C=O) groups excluding carboxylic acids is 2. The average molecular weight is 258 g/mol. The summed E-state index contributed by atoms with van der Waals surface area (Å²) in [7, 11) is 0. The van der Waals surface area contributed by atoms with E-state index in [-0.39, 0.29) is 17.3 Å². The standard InChI is InChI=1S/C15H14O4/c1-6-4-9-10(7(2)5-19-9)12-11(6)15(18)14(17)8(3)13(12)16/h4,7,16H,5H2,1-3H3. The van der Waals surface area contributed by atoms with Gasteiger partial charge in [-0.2, -0.15) is 0 Å². The Kier molecular flexibility index (Phi) is 2.33. The van der Waals surface area contributed by atoms with Crippen molar-refractivity contribution in [1.82, 2.24) is 0 Å². The molecule has 1 aromatic carbocycles. The van der Waals surface area contributed by atoms with Crippen molar-refractivity contribution in [3.8, 4) is 5.75 Å². The van der Waals surface area contributed by atoms with Crippen LogP contribution in [0, 0.1) is 6.92 Å². The van der Waals surface area contributed by atoms with E-state index in [2.05, 4.69) is 0 Å². The number of aliphatic hydroxyl groups excluding tert-OH is 1. The van der Waals surface area contributed by atoms with Crippen molar-refractivity contribution in [2.24, 2.45) is 0 Å². The molecule has 0 amide bonds. The van der Waals surface area contributed by atoms with Crippen LogP contribution < -0.4 is 4.74 Å². The molecule has 1 heterocycles. The molecule has 0 fully saturated rings. The maximum Gasteiger partial charge on any atom is 0.234 e. The van der Waals surface area contributed by atoms with Crippen LogP contribution in [0.3, 0.4) is 0 Å². The molecule has 98 valence electrons. The van der Waals surface area contributed by atoms with E-state index in [9.17, 15) is 14.7 Å². The number of Topliss-reactive ketones (excluding diaryl/α,β-unsaturated/α-hetero) is 2. The van der Waals surface area contributed by atoms with Gasteiger partial charge in [0, 0.05) is 28.2 Å². The number of hydrogen-bond acceptors (Lipinski definition) is 4. The summed E-state index contributed by atoms with van der Waals surface area (Å²) in [5.41, 5.74) is 2.43. The average Bonchev–Trinajstić information content (AvgIpc) is 2.73. The summed E-state index contributed by atoms with van der Waals surface area (Å²) in [5.74, 6) is -0.452. The molecule has 1 aliphatic heterocycles. The molecule has 0 saturated heterocycles. The minimum absolute atomic E-state index is 0.0862. The third-order valence-corrected chi connectivity index (χ3v) is 3.87. The lowest BCUT2D eigenvalue weighted by atomic mass is 9.81. The summed E-state index contributed by atoms with van der Waals surface area (Å²) >= 11 is 0. The molecule has 4 nitrogen and oxygen atoms in total. The Hall–Kier alpha value is -2.10. The van der Waals surface area contributed by atoms with Gasteiger partial charge in [0.15, 0.2) is 0 Å². The second kappa shape index (κ2) is 3.70. The number of aliphatic hydroxyl groups is 1. The second-order valence-corrected chi connectivity index (χ2v) is 5.20. The number of ether oxygens (including phenoxy) is 1. The molecule has 1 atom stereocenters. The molecule has 1 aromatic rings. The van der Waals surface area contributed by atoms with Crippen molar-refractivity contribution >= 4 is 17.3 Å². The number of aryl methyl sites for hydroxylation is 1. The van der Waals surface area contributed by atoms with Gasteiger partial charge in [-0.3, -0.25) is 9.59 Å². The summed E-state index contributed by atoms with van der Waals surface area (Å²) in [6.45, 7) is 5.74. The first-order valence-corrected chi connectivity index (χ1v) is 6.23. The Labute approximate surface area is 110 Å². The Morgan fingerprint density at radius 2 is 1.89 bits per heavy atom. The van der Waals surface area contributed by atoms with E-state index in [4.69, 9.17) is 4.74 Å². The summed E-state index contributed by atoms with van der Waals surface area (Å²) in [5, 5.41) is 10.3. The van der Waals surface area contributed by atoms with Crippen LogP contribution in [0.2, 0.25) is 0 Å². The van der Waals surface area contributed by atoms with Gasteiger partial charge in [0.25, 0.3) is 0 Å². The zero-order valence-electron chi connectivity index (χ0n) is 11.0. The van der Waals surface area contributed by atoms with Gasteiger partial charge in [-0.25, -0.2) is 0 Å². The van der Waals surface area contributed by atoms with Crippen LogP contribution >= 0.6 is 0 Å². The summed E-state index contributed by atoms with van der Waals surface area (Å²) < 4.78 is 5.57. The minimum atomic E-state index is -0.625. The van der Waals surface area contributed by atoms with Crippen LogP contribution in [-0.4, -0.2) is 23.3 Å². The number of hydrogen-bond donors (Lipinski definition) is 1. The molecule has 1 N–H and O–H groups in total. The summed E-state index contributed by atoms with van der Waals surface area (Å²) in [6.07, 6.45) is 0. The molecule has 0 spiro atoms. The molecule has 0 bridgehead atoms. The topological polar surface area (TPSA) is 63.6 Å². The quantitative estimate of drug-likeness (QED) is 0.726. The van der Waals surface area contributed by atoms with Crippen LogP contribution in [0.5, 0.6) is 5.75 Å². The Morgan fingerprint density at radius 1 is 1.21 bits per heavy atom. The van der Waals surface area contributed by atoms with Gasteiger partial charge in [-0.1, -0.05) is 6.92 Å². The number of allylic oxidation sites excluding steroid dienone is 1. The first-order valence-electron chi connectivity index (χ1n) is 6.23. The lowest BCUT2D eigenvalue weighted by Crippen LogP contribution is -2.25. The van der Waals surface area contributed by atoms with Crippen molar-refractivity contribution < 1.29 is 19.4 Å². The molecule has 3 rings (SSSR count). The van der Waals surface area contributed by atoms with Gasteiger partial charge < -0.3 is 9.84 Å². The highest BCUT2D eigenvalue weighted by Gasteiger charge is 2.37. The monoisotopic (exact) mass is 258 g/mol. The fraction of sp³-hybridized carbons (Fsp3) is 0.333. The fourth-order valence-corrected chi connectivity index (χ4v) is 2.83. The van der Waals surface area contributed by atoms with E-state index in [0.717, 1.165) is 5.56 Å². The van der Waals surface area contributed by atoms with E-state index in [1.54, 1.807) is 13.0 Å².